The predicted molar refractivity (Wildman–Crippen MR) is 63.5 cm³/mol. The van der Waals surface area contributed by atoms with Gasteiger partial charge in [-0.25, -0.2) is 8.42 Å². The van der Waals surface area contributed by atoms with Gasteiger partial charge in [0.2, 0.25) is 0 Å². The number of rotatable bonds is 7. The van der Waals surface area contributed by atoms with Gasteiger partial charge >= 0.3 is 0 Å². The highest BCUT2D eigenvalue weighted by molar-refractivity contribution is 8.13. The molecule has 0 radical (unpaired) electrons. The summed E-state index contributed by atoms with van der Waals surface area (Å²) in [6, 6.07) is 0. The van der Waals surface area contributed by atoms with E-state index < -0.39 is 9.05 Å². The van der Waals surface area contributed by atoms with Crippen LogP contribution in [0.2, 0.25) is 0 Å². The molecule has 1 heterocycles. The van der Waals surface area contributed by atoms with Gasteiger partial charge in [0.25, 0.3) is 14.2 Å². The van der Waals surface area contributed by atoms with Crippen molar-refractivity contribution in [2.75, 3.05) is 13.2 Å². The fourth-order valence-corrected chi connectivity index (χ4v) is 2.46. The molecule has 0 saturated carbocycles. The highest BCUT2D eigenvalue weighted by atomic mass is 35.7. The second-order valence-corrected chi connectivity index (χ2v) is 5.84. The van der Waals surface area contributed by atoms with Crippen molar-refractivity contribution in [2.24, 2.45) is 0 Å². The Kier molecular flexibility index (Phi) is 5.35. The first kappa shape index (κ1) is 14.4. The van der Waals surface area contributed by atoms with Gasteiger partial charge in [-0.15, -0.1) is 10.2 Å². The highest BCUT2D eigenvalue weighted by Gasteiger charge is 2.21. The van der Waals surface area contributed by atoms with Gasteiger partial charge in [-0.1, -0.05) is 0 Å². The molecule has 98 valence electrons. The quantitative estimate of drug-likeness (QED) is 0.554. The van der Waals surface area contributed by atoms with Crippen molar-refractivity contribution in [1.29, 1.82) is 0 Å². The second-order valence-electron chi connectivity index (χ2n) is 3.38. The summed E-state index contributed by atoms with van der Waals surface area (Å²) >= 11 is 0. The van der Waals surface area contributed by atoms with E-state index in [4.69, 9.17) is 15.4 Å². The molecule has 1 aromatic heterocycles. The smallest absolute Gasteiger partial charge is 0.296 e. The third-order valence-corrected chi connectivity index (χ3v) is 3.37. The molecule has 17 heavy (non-hydrogen) atoms. The Morgan fingerprint density at radius 2 is 2.06 bits per heavy atom. The Morgan fingerprint density at radius 3 is 2.59 bits per heavy atom. The first-order valence-corrected chi connectivity index (χ1v) is 7.76. The van der Waals surface area contributed by atoms with E-state index in [9.17, 15) is 8.42 Å². The summed E-state index contributed by atoms with van der Waals surface area (Å²) in [5.74, 6) is 0.617. The summed E-state index contributed by atoms with van der Waals surface area (Å²) in [6.45, 7) is 5.50. The Bertz CT molecular complexity index is 458. The topological polar surface area (TPSA) is 74.1 Å². The van der Waals surface area contributed by atoms with Gasteiger partial charge in [0, 0.05) is 36.9 Å². The molecule has 0 atom stereocenters. The van der Waals surface area contributed by atoms with Crippen molar-refractivity contribution in [3.05, 3.63) is 5.82 Å². The van der Waals surface area contributed by atoms with E-state index in [-0.39, 0.29) is 5.16 Å². The number of aryl methyl sites for hydroxylation is 1. The van der Waals surface area contributed by atoms with E-state index in [0.717, 1.165) is 6.42 Å². The van der Waals surface area contributed by atoms with Gasteiger partial charge in [0.15, 0.2) is 0 Å². The third kappa shape index (κ3) is 3.93. The summed E-state index contributed by atoms with van der Waals surface area (Å²) in [4.78, 5) is 0. The maximum absolute atomic E-state index is 11.2. The van der Waals surface area contributed by atoms with Crippen molar-refractivity contribution >= 4 is 19.7 Å². The fourth-order valence-electron chi connectivity index (χ4n) is 1.48. The molecule has 0 spiro atoms. The number of hydrogen-bond acceptors (Lipinski definition) is 5. The summed E-state index contributed by atoms with van der Waals surface area (Å²) in [6.07, 6.45) is 1.39. The van der Waals surface area contributed by atoms with Crippen molar-refractivity contribution in [3.8, 4) is 0 Å². The Balaban J connectivity index is 2.77. The van der Waals surface area contributed by atoms with Crippen molar-refractivity contribution in [2.45, 2.75) is 38.4 Å². The molecule has 8 heteroatoms. The molecule has 0 aliphatic heterocycles. The zero-order valence-electron chi connectivity index (χ0n) is 9.89. The fraction of sp³-hybridized carbons (Fsp3) is 0.778. The van der Waals surface area contributed by atoms with Crippen LogP contribution in [-0.4, -0.2) is 36.4 Å². The Morgan fingerprint density at radius 1 is 1.35 bits per heavy atom. The molecular weight excluding hydrogens is 266 g/mol. The van der Waals surface area contributed by atoms with Gasteiger partial charge in [0.1, 0.15) is 5.82 Å². The van der Waals surface area contributed by atoms with Crippen LogP contribution in [0.3, 0.4) is 0 Å². The zero-order chi connectivity index (χ0) is 12.9. The number of aromatic nitrogens is 3. The largest absolute Gasteiger partial charge is 0.382 e. The van der Waals surface area contributed by atoms with Crippen LogP contribution >= 0.6 is 10.7 Å². The molecule has 0 saturated heterocycles. The monoisotopic (exact) mass is 281 g/mol. The lowest BCUT2D eigenvalue weighted by Crippen LogP contribution is -2.09. The SMILES string of the molecule is CCOCCCc1nnc(S(=O)(=O)Cl)n1CC. The lowest BCUT2D eigenvalue weighted by Gasteiger charge is -2.05. The van der Waals surface area contributed by atoms with Crippen LogP contribution < -0.4 is 0 Å². The minimum Gasteiger partial charge on any atom is -0.382 e. The number of ether oxygens (including phenoxy) is 1. The lowest BCUT2D eigenvalue weighted by atomic mass is 10.3. The molecule has 0 amide bonds. The molecular formula is C9H16ClN3O3S. The van der Waals surface area contributed by atoms with Gasteiger partial charge < -0.3 is 9.30 Å². The average molecular weight is 282 g/mol. The van der Waals surface area contributed by atoms with Crippen molar-refractivity contribution in [1.82, 2.24) is 14.8 Å². The number of hydrogen-bond donors (Lipinski definition) is 0. The second kappa shape index (κ2) is 6.32. The van der Waals surface area contributed by atoms with Crippen molar-refractivity contribution in [3.63, 3.8) is 0 Å². The van der Waals surface area contributed by atoms with Crippen LogP contribution in [0.1, 0.15) is 26.1 Å². The van der Waals surface area contributed by atoms with Crippen LogP contribution in [0.5, 0.6) is 0 Å². The van der Waals surface area contributed by atoms with Crippen LogP contribution in [0, 0.1) is 0 Å². The zero-order valence-corrected chi connectivity index (χ0v) is 11.5. The molecule has 1 rings (SSSR count). The first-order chi connectivity index (χ1) is 8.00. The molecule has 0 N–H and O–H groups in total. The molecule has 0 aliphatic rings. The summed E-state index contributed by atoms with van der Waals surface area (Å²) in [5, 5.41) is 7.27. The van der Waals surface area contributed by atoms with Gasteiger partial charge in [-0.3, -0.25) is 0 Å². The van der Waals surface area contributed by atoms with E-state index >= 15 is 0 Å². The normalized spacial score (nSPS) is 11.9. The highest BCUT2D eigenvalue weighted by Crippen LogP contribution is 2.14. The van der Waals surface area contributed by atoms with Gasteiger partial charge in [-0.2, -0.15) is 0 Å². The predicted octanol–water partition coefficient (Wildman–Crippen LogP) is 1.19. The average Bonchev–Trinajstić information content (AvgIpc) is 2.67. The summed E-state index contributed by atoms with van der Waals surface area (Å²) in [7, 11) is 1.43. The molecule has 1 aromatic rings. The Labute approximate surface area is 105 Å². The maximum Gasteiger partial charge on any atom is 0.296 e. The lowest BCUT2D eigenvalue weighted by molar-refractivity contribution is 0.144. The maximum atomic E-state index is 11.2. The van der Waals surface area contributed by atoms with E-state index in [1.54, 1.807) is 0 Å². The van der Waals surface area contributed by atoms with Crippen LogP contribution in [0.25, 0.3) is 0 Å². The van der Waals surface area contributed by atoms with Crippen LogP contribution in [-0.2, 0) is 26.8 Å². The Hall–Kier alpha value is -0.660. The van der Waals surface area contributed by atoms with E-state index in [0.29, 0.717) is 32.0 Å². The minimum absolute atomic E-state index is 0.187. The molecule has 0 aromatic carbocycles. The number of nitrogens with zero attached hydrogens (tertiary/aromatic N) is 3. The minimum atomic E-state index is -3.83. The van der Waals surface area contributed by atoms with Crippen molar-refractivity contribution < 1.29 is 13.2 Å². The molecule has 0 unspecified atom stereocenters. The van der Waals surface area contributed by atoms with E-state index in [1.165, 1.54) is 4.57 Å². The standard InChI is InChI=1S/C9H16ClN3O3S/c1-3-13-8(6-5-7-16-4-2)11-12-9(13)17(10,14)15/h3-7H2,1-2H3. The molecule has 0 fully saturated rings. The van der Waals surface area contributed by atoms with E-state index in [1.807, 2.05) is 13.8 Å². The molecule has 0 aliphatic carbocycles. The molecule has 0 bridgehead atoms. The summed E-state index contributed by atoms with van der Waals surface area (Å²) in [5.41, 5.74) is 0. The summed E-state index contributed by atoms with van der Waals surface area (Å²) < 4.78 is 29.1. The van der Waals surface area contributed by atoms with Crippen LogP contribution in [0.15, 0.2) is 5.16 Å². The number of halogens is 1. The van der Waals surface area contributed by atoms with Gasteiger partial charge in [0.05, 0.1) is 0 Å². The van der Waals surface area contributed by atoms with E-state index in [2.05, 4.69) is 10.2 Å². The third-order valence-electron chi connectivity index (χ3n) is 2.22. The van der Waals surface area contributed by atoms with Crippen LogP contribution in [0.4, 0.5) is 0 Å². The van der Waals surface area contributed by atoms with Gasteiger partial charge in [-0.05, 0) is 20.3 Å². The first-order valence-electron chi connectivity index (χ1n) is 5.45. The molecule has 6 nitrogen and oxygen atoms in total.